The average Bonchev–Trinajstić information content (AvgIpc) is 2.05. The van der Waals surface area contributed by atoms with Gasteiger partial charge in [-0.2, -0.15) is 0 Å². The number of halogens is 1. The molecule has 60 valence electrons. The van der Waals surface area contributed by atoms with E-state index in [1.54, 1.807) is 12.1 Å². The summed E-state index contributed by atoms with van der Waals surface area (Å²) in [7, 11) is 0. The third kappa shape index (κ3) is 1.11. The van der Waals surface area contributed by atoms with Gasteiger partial charge in [0.05, 0.1) is 0 Å². The van der Waals surface area contributed by atoms with Crippen LogP contribution in [0.5, 0.6) is 0 Å². The molecule has 0 unspecified atom stereocenters. The Morgan fingerprint density at radius 2 is 1.58 bits per heavy atom. The Morgan fingerprint density at radius 3 is 2.42 bits per heavy atom. The number of rotatable bonds is 0. The lowest BCUT2D eigenvalue weighted by atomic mass is 10.1. The van der Waals surface area contributed by atoms with Gasteiger partial charge in [0.2, 0.25) is 0 Å². The molecule has 2 rings (SSSR count). The highest BCUT2D eigenvalue weighted by atomic mass is 19.1. The van der Waals surface area contributed by atoms with Gasteiger partial charge in [-0.15, -0.1) is 0 Å². The summed E-state index contributed by atoms with van der Waals surface area (Å²) in [5, 5.41) is 1.85. The highest BCUT2D eigenvalue weighted by Crippen LogP contribution is 2.17. The molecular weight excluding hydrogens is 153 g/mol. The van der Waals surface area contributed by atoms with Crippen LogP contribution in [0.25, 0.3) is 10.8 Å². The molecule has 2 N–H and O–H groups in total. The number of hydrogen-bond donors (Lipinski definition) is 1. The molecule has 0 saturated carbocycles. The van der Waals surface area contributed by atoms with E-state index in [9.17, 15) is 4.39 Å². The lowest BCUT2D eigenvalue weighted by molar-refractivity contribution is 0.630. The topological polar surface area (TPSA) is 26.0 Å². The fourth-order valence-electron chi connectivity index (χ4n) is 1.24. The summed E-state index contributed by atoms with van der Waals surface area (Å²) >= 11 is 0. The first kappa shape index (κ1) is 7.10. The monoisotopic (exact) mass is 161 g/mol. The quantitative estimate of drug-likeness (QED) is 0.590. The van der Waals surface area contributed by atoms with Crippen molar-refractivity contribution in [2.45, 2.75) is 0 Å². The van der Waals surface area contributed by atoms with Crippen molar-refractivity contribution in [3.05, 3.63) is 42.2 Å². The highest BCUT2D eigenvalue weighted by molar-refractivity contribution is 5.85. The van der Waals surface area contributed by atoms with Crippen molar-refractivity contribution in [2.75, 3.05) is 5.73 Å². The van der Waals surface area contributed by atoms with E-state index in [1.165, 1.54) is 12.1 Å². The van der Waals surface area contributed by atoms with E-state index < -0.39 is 0 Å². The Balaban J connectivity index is 2.79. The Bertz CT molecular complexity index is 382. The summed E-state index contributed by atoms with van der Waals surface area (Å²) in [6, 6.07) is 10.1. The van der Waals surface area contributed by atoms with Crippen molar-refractivity contribution in [1.29, 1.82) is 0 Å². The number of fused-ring (bicyclic) bond motifs is 1. The molecule has 2 heteroatoms. The van der Waals surface area contributed by atoms with Crippen LogP contribution in [-0.4, -0.2) is 0 Å². The van der Waals surface area contributed by atoms with Gasteiger partial charge in [-0.25, -0.2) is 4.39 Å². The molecule has 0 radical (unpaired) electrons. The molecule has 0 fully saturated rings. The van der Waals surface area contributed by atoms with E-state index in [0.29, 0.717) is 5.69 Å². The third-order valence-electron chi connectivity index (χ3n) is 1.83. The van der Waals surface area contributed by atoms with E-state index in [1.807, 2.05) is 12.1 Å². The predicted octanol–water partition coefficient (Wildman–Crippen LogP) is 2.56. The summed E-state index contributed by atoms with van der Waals surface area (Å²) in [5.41, 5.74) is 6.27. The first-order valence-corrected chi connectivity index (χ1v) is 3.70. The van der Waals surface area contributed by atoms with E-state index in [2.05, 4.69) is 0 Å². The van der Waals surface area contributed by atoms with Gasteiger partial charge in [0, 0.05) is 5.69 Å². The minimum absolute atomic E-state index is 0.215. The first-order chi connectivity index (χ1) is 5.75. The van der Waals surface area contributed by atoms with Crippen molar-refractivity contribution < 1.29 is 4.39 Å². The zero-order valence-electron chi connectivity index (χ0n) is 6.42. The molecule has 0 aromatic heterocycles. The molecule has 0 amide bonds. The standard InChI is InChI=1S/C10H8FN/c11-9-3-1-8-6-10(12)4-2-7(8)5-9/h1-6H,12H2. The van der Waals surface area contributed by atoms with Crippen molar-refractivity contribution in [1.82, 2.24) is 0 Å². The van der Waals surface area contributed by atoms with Gasteiger partial charge >= 0.3 is 0 Å². The van der Waals surface area contributed by atoms with Gasteiger partial charge in [-0.05, 0) is 35.0 Å². The van der Waals surface area contributed by atoms with Crippen LogP contribution >= 0.6 is 0 Å². The minimum Gasteiger partial charge on any atom is -0.399 e. The number of benzene rings is 2. The predicted molar refractivity (Wildman–Crippen MR) is 48.3 cm³/mol. The minimum atomic E-state index is -0.215. The summed E-state index contributed by atoms with van der Waals surface area (Å²) in [4.78, 5) is 0. The molecule has 0 spiro atoms. The van der Waals surface area contributed by atoms with Gasteiger partial charge in [-0.1, -0.05) is 12.1 Å². The Hall–Kier alpha value is -1.57. The van der Waals surface area contributed by atoms with Gasteiger partial charge < -0.3 is 5.73 Å². The number of nitrogen functional groups attached to an aromatic ring is 1. The van der Waals surface area contributed by atoms with Crippen LogP contribution < -0.4 is 5.73 Å². The second-order valence-corrected chi connectivity index (χ2v) is 2.75. The zero-order valence-corrected chi connectivity index (χ0v) is 6.42. The molecular formula is C10H8FN. The smallest absolute Gasteiger partial charge is 0.123 e. The van der Waals surface area contributed by atoms with Gasteiger partial charge in [0.15, 0.2) is 0 Å². The molecule has 0 atom stereocenters. The molecule has 0 saturated heterocycles. The van der Waals surface area contributed by atoms with Gasteiger partial charge in [0.1, 0.15) is 5.82 Å². The maximum absolute atomic E-state index is 12.7. The van der Waals surface area contributed by atoms with Crippen molar-refractivity contribution in [3.63, 3.8) is 0 Å². The van der Waals surface area contributed by atoms with Crippen LogP contribution in [-0.2, 0) is 0 Å². The molecule has 0 aliphatic carbocycles. The largest absolute Gasteiger partial charge is 0.399 e. The average molecular weight is 161 g/mol. The molecule has 0 heterocycles. The lowest BCUT2D eigenvalue weighted by Crippen LogP contribution is -1.83. The molecule has 1 nitrogen and oxygen atoms in total. The van der Waals surface area contributed by atoms with Crippen LogP contribution in [0.3, 0.4) is 0 Å². The molecule has 2 aromatic carbocycles. The fraction of sp³-hybridized carbons (Fsp3) is 0. The van der Waals surface area contributed by atoms with E-state index in [4.69, 9.17) is 5.73 Å². The number of nitrogens with two attached hydrogens (primary N) is 1. The van der Waals surface area contributed by atoms with Crippen molar-refractivity contribution >= 4 is 16.5 Å². The zero-order chi connectivity index (χ0) is 8.55. The summed E-state index contributed by atoms with van der Waals surface area (Å²) in [6.07, 6.45) is 0. The molecule has 0 bridgehead atoms. The van der Waals surface area contributed by atoms with E-state index >= 15 is 0 Å². The van der Waals surface area contributed by atoms with Crippen molar-refractivity contribution in [3.8, 4) is 0 Å². The Morgan fingerprint density at radius 1 is 0.917 bits per heavy atom. The third-order valence-corrected chi connectivity index (χ3v) is 1.83. The van der Waals surface area contributed by atoms with E-state index in [-0.39, 0.29) is 5.82 Å². The van der Waals surface area contributed by atoms with Gasteiger partial charge in [0.25, 0.3) is 0 Å². The normalized spacial score (nSPS) is 10.4. The molecule has 2 aromatic rings. The maximum Gasteiger partial charge on any atom is 0.123 e. The first-order valence-electron chi connectivity index (χ1n) is 3.70. The van der Waals surface area contributed by atoms with Crippen molar-refractivity contribution in [2.24, 2.45) is 0 Å². The Labute approximate surface area is 69.6 Å². The number of anilines is 1. The molecule has 0 aliphatic rings. The van der Waals surface area contributed by atoms with Crippen LogP contribution in [0, 0.1) is 5.82 Å². The second-order valence-electron chi connectivity index (χ2n) is 2.75. The van der Waals surface area contributed by atoms with E-state index in [0.717, 1.165) is 10.8 Å². The SMILES string of the molecule is Nc1ccc2cc(F)ccc2c1. The second kappa shape index (κ2) is 2.48. The van der Waals surface area contributed by atoms with Crippen LogP contribution in [0.2, 0.25) is 0 Å². The summed E-state index contributed by atoms with van der Waals surface area (Å²) in [5.74, 6) is -0.215. The van der Waals surface area contributed by atoms with Gasteiger partial charge in [-0.3, -0.25) is 0 Å². The van der Waals surface area contributed by atoms with Crippen LogP contribution in [0.4, 0.5) is 10.1 Å². The lowest BCUT2D eigenvalue weighted by Gasteiger charge is -1.98. The molecule has 12 heavy (non-hydrogen) atoms. The van der Waals surface area contributed by atoms with Crippen LogP contribution in [0.1, 0.15) is 0 Å². The van der Waals surface area contributed by atoms with Crippen LogP contribution in [0.15, 0.2) is 36.4 Å². The Kier molecular flexibility index (Phi) is 1.47. The maximum atomic E-state index is 12.7. The summed E-state index contributed by atoms with van der Waals surface area (Å²) < 4.78 is 12.7. The fourth-order valence-corrected chi connectivity index (χ4v) is 1.24. The molecule has 0 aliphatic heterocycles. The highest BCUT2D eigenvalue weighted by Gasteiger charge is 1.94. The summed E-state index contributed by atoms with van der Waals surface area (Å²) in [6.45, 7) is 0. The number of hydrogen-bond acceptors (Lipinski definition) is 1.